The van der Waals surface area contributed by atoms with Crippen molar-refractivity contribution in [3.63, 3.8) is 0 Å². The van der Waals surface area contributed by atoms with Crippen LogP contribution in [0.4, 0.5) is 13.2 Å². The largest absolute Gasteiger partial charge is 0.389 e. The maximum absolute atomic E-state index is 12.0. The number of halogens is 3. The van der Waals surface area contributed by atoms with E-state index in [1.165, 1.54) is 0 Å². The molecule has 6 heteroatoms. The number of aryl methyl sites for hydroxylation is 1. The van der Waals surface area contributed by atoms with E-state index in [4.69, 9.17) is 5.73 Å². The summed E-state index contributed by atoms with van der Waals surface area (Å²) in [6.07, 6.45) is -5.27. The van der Waals surface area contributed by atoms with E-state index in [1.54, 1.807) is 18.2 Å². The molecule has 0 bridgehead atoms. The number of alkyl halides is 3. The van der Waals surface area contributed by atoms with Crippen LogP contribution < -0.4 is 11.1 Å². The van der Waals surface area contributed by atoms with Crippen LogP contribution in [0.5, 0.6) is 0 Å². The van der Waals surface area contributed by atoms with E-state index in [0.717, 1.165) is 5.56 Å². The molecule has 1 amide bonds. The number of benzene rings is 1. The Morgan fingerprint density at radius 2 is 2.10 bits per heavy atom. The number of hydrogen-bond donors (Lipinski definition) is 2. The van der Waals surface area contributed by atoms with Gasteiger partial charge in [-0.3, -0.25) is 4.79 Å². The van der Waals surface area contributed by atoms with Gasteiger partial charge in [-0.25, -0.2) is 0 Å². The number of nitrogens with two attached hydrogens (primary N) is 1. The molecule has 0 aliphatic rings. The second-order valence-corrected chi connectivity index (χ2v) is 4.53. The van der Waals surface area contributed by atoms with Gasteiger partial charge < -0.3 is 11.1 Å². The van der Waals surface area contributed by atoms with E-state index in [-0.39, 0.29) is 19.5 Å². The van der Waals surface area contributed by atoms with Crippen LogP contribution in [-0.4, -0.2) is 25.2 Å². The number of hydrogen-bond acceptors (Lipinski definition) is 2. The second kappa shape index (κ2) is 7.70. The molecule has 0 aliphatic carbocycles. The Morgan fingerprint density at radius 3 is 2.71 bits per heavy atom. The highest BCUT2D eigenvalue weighted by Gasteiger charge is 2.26. The maximum atomic E-state index is 12.0. The van der Waals surface area contributed by atoms with E-state index in [0.29, 0.717) is 11.1 Å². The van der Waals surface area contributed by atoms with Crippen molar-refractivity contribution < 1.29 is 18.0 Å². The lowest BCUT2D eigenvalue weighted by atomic mass is 10.0. The molecule has 0 unspecified atom stereocenters. The van der Waals surface area contributed by atoms with Crippen molar-refractivity contribution in [1.82, 2.24) is 5.32 Å². The first kappa shape index (κ1) is 17.1. The predicted octanol–water partition coefficient (Wildman–Crippen LogP) is 2.38. The first-order valence-corrected chi connectivity index (χ1v) is 6.48. The molecule has 0 spiro atoms. The molecule has 0 saturated carbocycles. The molecule has 1 aromatic carbocycles. The summed E-state index contributed by atoms with van der Waals surface area (Å²) in [7, 11) is 0. The lowest BCUT2D eigenvalue weighted by molar-refractivity contribution is -0.135. The lowest BCUT2D eigenvalue weighted by Crippen LogP contribution is -2.26. The molecule has 0 saturated heterocycles. The van der Waals surface area contributed by atoms with E-state index in [2.05, 4.69) is 17.2 Å². The molecule has 0 aliphatic heterocycles. The van der Waals surface area contributed by atoms with E-state index < -0.39 is 18.5 Å². The topological polar surface area (TPSA) is 55.1 Å². The van der Waals surface area contributed by atoms with E-state index >= 15 is 0 Å². The van der Waals surface area contributed by atoms with Crippen LogP contribution in [0, 0.1) is 18.8 Å². The molecule has 114 valence electrons. The van der Waals surface area contributed by atoms with Crippen molar-refractivity contribution >= 4 is 5.91 Å². The highest BCUT2D eigenvalue weighted by Crippen LogP contribution is 2.20. The molecular formula is C15H17F3N2O. The predicted molar refractivity (Wildman–Crippen MR) is 74.7 cm³/mol. The number of rotatable bonds is 4. The monoisotopic (exact) mass is 298 g/mol. The molecule has 0 heterocycles. The van der Waals surface area contributed by atoms with Crippen LogP contribution in [0.15, 0.2) is 18.2 Å². The Balaban J connectivity index is 2.71. The first-order chi connectivity index (χ1) is 9.83. The average Bonchev–Trinajstić information content (AvgIpc) is 2.41. The third-order valence-electron chi connectivity index (χ3n) is 2.67. The van der Waals surface area contributed by atoms with Gasteiger partial charge in [0.05, 0.1) is 12.1 Å². The Hall–Kier alpha value is -2.00. The highest BCUT2D eigenvalue weighted by molar-refractivity contribution is 5.96. The van der Waals surface area contributed by atoms with E-state index in [9.17, 15) is 18.0 Å². The zero-order valence-corrected chi connectivity index (χ0v) is 11.7. The highest BCUT2D eigenvalue weighted by atomic mass is 19.4. The summed E-state index contributed by atoms with van der Waals surface area (Å²) in [6.45, 7) is 1.96. The number of carbonyl (C=O) groups is 1. The normalized spacial score (nSPS) is 10.7. The smallest absolute Gasteiger partial charge is 0.352 e. The number of amides is 1. The SMILES string of the molecule is Cc1ccc(C#CCN)c(C(=O)NCCCC(F)(F)F)c1. The van der Waals surface area contributed by atoms with Crippen molar-refractivity contribution in [2.24, 2.45) is 5.73 Å². The fourth-order valence-corrected chi connectivity index (χ4v) is 1.69. The Bertz CT molecular complexity index is 556. The van der Waals surface area contributed by atoms with Gasteiger partial charge in [-0.2, -0.15) is 13.2 Å². The van der Waals surface area contributed by atoms with Crippen molar-refractivity contribution in [3.05, 3.63) is 34.9 Å². The minimum Gasteiger partial charge on any atom is -0.352 e. The van der Waals surface area contributed by atoms with Crippen molar-refractivity contribution in [3.8, 4) is 11.8 Å². The molecular weight excluding hydrogens is 281 g/mol. The number of carbonyl (C=O) groups excluding carboxylic acids is 1. The summed E-state index contributed by atoms with van der Waals surface area (Å²) in [6, 6.07) is 5.16. The summed E-state index contributed by atoms with van der Waals surface area (Å²) >= 11 is 0. The average molecular weight is 298 g/mol. The van der Waals surface area contributed by atoms with Gasteiger partial charge in [0.25, 0.3) is 5.91 Å². The summed E-state index contributed by atoms with van der Waals surface area (Å²) in [4.78, 5) is 12.0. The summed E-state index contributed by atoms with van der Waals surface area (Å²) in [5.74, 6) is 5.01. The van der Waals surface area contributed by atoms with Crippen molar-refractivity contribution in [2.45, 2.75) is 25.9 Å². The van der Waals surface area contributed by atoms with Gasteiger partial charge in [0.15, 0.2) is 0 Å². The van der Waals surface area contributed by atoms with Gasteiger partial charge in [0.1, 0.15) is 0 Å². The van der Waals surface area contributed by atoms with Crippen LogP contribution in [0.3, 0.4) is 0 Å². The van der Waals surface area contributed by atoms with Gasteiger partial charge in [-0.05, 0) is 25.5 Å². The minimum absolute atomic E-state index is 0.0317. The first-order valence-electron chi connectivity index (χ1n) is 6.48. The summed E-state index contributed by atoms with van der Waals surface area (Å²) in [5, 5.41) is 2.48. The zero-order valence-electron chi connectivity index (χ0n) is 11.7. The molecule has 3 N–H and O–H groups in total. The Morgan fingerprint density at radius 1 is 1.38 bits per heavy atom. The van der Waals surface area contributed by atoms with Crippen LogP contribution >= 0.6 is 0 Å². The fraction of sp³-hybridized carbons (Fsp3) is 0.400. The van der Waals surface area contributed by atoms with Gasteiger partial charge in [-0.15, -0.1) is 0 Å². The van der Waals surface area contributed by atoms with Crippen LogP contribution in [0.1, 0.15) is 34.3 Å². The molecule has 0 fully saturated rings. The molecule has 0 radical (unpaired) electrons. The third kappa shape index (κ3) is 6.32. The van der Waals surface area contributed by atoms with Gasteiger partial charge in [-0.1, -0.05) is 23.5 Å². The van der Waals surface area contributed by atoms with Crippen molar-refractivity contribution in [1.29, 1.82) is 0 Å². The van der Waals surface area contributed by atoms with Crippen LogP contribution in [0.2, 0.25) is 0 Å². The fourth-order valence-electron chi connectivity index (χ4n) is 1.69. The maximum Gasteiger partial charge on any atom is 0.389 e. The van der Waals surface area contributed by atoms with Crippen LogP contribution in [-0.2, 0) is 0 Å². The zero-order chi connectivity index (χ0) is 15.9. The standard InChI is InChI=1S/C15H17F3N2O/c1-11-5-6-12(4-2-8-19)13(10-11)14(21)20-9-3-7-15(16,17)18/h5-6,10H,3,7-9,19H2,1H3,(H,20,21). The minimum atomic E-state index is -4.20. The molecule has 21 heavy (non-hydrogen) atoms. The van der Waals surface area contributed by atoms with Gasteiger partial charge >= 0.3 is 6.18 Å². The number of nitrogens with one attached hydrogen (secondary N) is 1. The quantitative estimate of drug-likeness (QED) is 0.662. The molecule has 1 aromatic rings. The van der Waals surface area contributed by atoms with Crippen LogP contribution in [0.25, 0.3) is 0 Å². The Kier molecular flexibility index (Phi) is 6.25. The Labute approximate surface area is 121 Å². The molecule has 3 nitrogen and oxygen atoms in total. The van der Waals surface area contributed by atoms with Gasteiger partial charge in [0.2, 0.25) is 0 Å². The van der Waals surface area contributed by atoms with E-state index in [1.807, 2.05) is 6.92 Å². The third-order valence-corrected chi connectivity index (χ3v) is 2.67. The van der Waals surface area contributed by atoms with Gasteiger partial charge in [0, 0.05) is 18.5 Å². The lowest BCUT2D eigenvalue weighted by Gasteiger charge is -2.09. The molecule has 1 rings (SSSR count). The summed E-state index contributed by atoms with van der Waals surface area (Å²) < 4.78 is 36.0. The molecule has 0 atom stereocenters. The van der Waals surface area contributed by atoms with Crippen molar-refractivity contribution in [2.75, 3.05) is 13.1 Å². The molecule has 0 aromatic heterocycles. The summed E-state index contributed by atoms with van der Waals surface area (Å²) in [5.41, 5.74) is 7.02. The second-order valence-electron chi connectivity index (χ2n) is 4.53.